The van der Waals surface area contributed by atoms with Gasteiger partial charge in [0.25, 0.3) is 5.91 Å². The second-order valence-electron chi connectivity index (χ2n) is 4.98. The van der Waals surface area contributed by atoms with E-state index in [-0.39, 0.29) is 12.5 Å². The van der Waals surface area contributed by atoms with Gasteiger partial charge in [0.2, 0.25) is 0 Å². The Morgan fingerprint density at radius 2 is 2.19 bits per heavy atom. The van der Waals surface area contributed by atoms with Crippen molar-refractivity contribution in [1.29, 1.82) is 5.26 Å². The van der Waals surface area contributed by atoms with Crippen molar-refractivity contribution in [3.05, 3.63) is 41.6 Å². The summed E-state index contributed by atoms with van der Waals surface area (Å²) in [6, 6.07) is 9.03. The lowest BCUT2D eigenvalue weighted by Gasteiger charge is -2.26. The number of benzene rings is 1. The van der Waals surface area contributed by atoms with E-state index in [2.05, 4.69) is 12.1 Å². The van der Waals surface area contributed by atoms with Crippen molar-refractivity contribution in [1.82, 2.24) is 4.90 Å². The first-order chi connectivity index (χ1) is 10.3. The van der Waals surface area contributed by atoms with Gasteiger partial charge in [-0.3, -0.25) is 4.79 Å². The first-order valence-electron chi connectivity index (χ1n) is 7.37. The Morgan fingerprint density at radius 1 is 1.38 bits per heavy atom. The molecule has 0 heterocycles. The normalized spacial score (nSPS) is 14.0. The number of allylic oxidation sites excluding steroid dienone is 2. The van der Waals surface area contributed by atoms with Gasteiger partial charge in [0.05, 0.1) is 5.56 Å². The molecule has 1 aromatic carbocycles. The highest BCUT2D eigenvalue weighted by Gasteiger charge is 2.18. The van der Waals surface area contributed by atoms with Crippen LogP contribution >= 0.6 is 0 Å². The maximum absolute atomic E-state index is 12.3. The molecule has 0 aromatic heterocycles. The standard InChI is InChI=1S/C17H20N2O2/c1-2-19(15-9-4-3-5-10-15)17(20)13-21-16-11-7-6-8-14(16)12-18/h6-9,11H,2-5,10,13H2,1H3. The zero-order valence-electron chi connectivity index (χ0n) is 12.3. The molecule has 1 aliphatic rings. The average molecular weight is 284 g/mol. The van der Waals surface area contributed by atoms with Crippen molar-refractivity contribution in [2.24, 2.45) is 0 Å². The Balaban J connectivity index is 2.00. The average Bonchev–Trinajstić information content (AvgIpc) is 2.55. The van der Waals surface area contributed by atoms with Gasteiger partial charge in [-0.05, 0) is 44.7 Å². The number of ether oxygens (including phenoxy) is 1. The summed E-state index contributed by atoms with van der Waals surface area (Å²) in [6.07, 6.45) is 6.47. The molecule has 0 atom stereocenters. The van der Waals surface area contributed by atoms with Gasteiger partial charge in [0.15, 0.2) is 6.61 Å². The minimum absolute atomic E-state index is 0.0378. The minimum atomic E-state index is -0.0570. The molecular formula is C17H20N2O2. The summed E-state index contributed by atoms with van der Waals surface area (Å²) < 4.78 is 5.52. The molecule has 0 fully saturated rings. The van der Waals surface area contributed by atoms with Gasteiger partial charge in [-0.1, -0.05) is 18.2 Å². The van der Waals surface area contributed by atoms with Crippen LogP contribution in [0.2, 0.25) is 0 Å². The number of para-hydroxylation sites is 1. The van der Waals surface area contributed by atoms with Crippen molar-refractivity contribution in [2.45, 2.75) is 32.6 Å². The highest BCUT2D eigenvalue weighted by Crippen LogP contribution is 2.21. The molecule has 0 aliphatic heterocycles. The Bertz CT molecular complexity index is 572. The maximum atomic E-state index is 12.3. The summed E-state index contributed by atoms with van der Waals surface area (Å²) in [7, 11) is 0. The topological polar surface area (TPSA) is 53.3 Å². The predicted octanol–water partition coefficient (Wildman–Crippen LogP) is 3.24. The van der Waals surface area contributed by atoms with Gasteiger partial charge < -0.3 is 9.64 Å². The van der Waals surface area contributed by atoms with Crippen LogP contribution in [0.25, 0.3) is 0 Å². The van der Waals surface area contributed by atoms with E-state index in [1.54, 1.807) is 29.2 Å². The van der Waals surface area contributed by atoms with E-state index >= 15 is 0 Å². The van der Waals surface area contributed by atoms with Crippen LogP contribution in [0.15, 0.2) is 36.0 Å². The highest BCUT2D eigenvalue weighted by atomic mass is 16.5. The fourth-order valence-corrected chi connectivity index (χ4v) is 2.51. The van der Waals surface area contributed by atoms with Crippen LogP contribution in [0.3, 0.4) is 0 Å². The third-order valence-electron chi connectivity index (χ3n) is 3.59. The van der Waals surface area contributed by atoms with Crippen LogP contribution in [0.4, 0.5) is 0 Å². The molecule has 0 saturated carbocycles. The van der Waals surface area contributed by atoms with Crippen LogP contribution in [0.1, 0.15) is 38.2 Å². The predicted molar refractivity (Wildman–Crippen MR) is 80.6 cm³/mol. The molecule has 0 unspecified atom stereocenters. The zero-order valence-corrected chi connectivity index (χ0v) is 12.3. The summed E-state index contributed by atoms with van der Waals surface area (Å²) in [5.74, 6) is 0.403. The van der Waals surface area contributed by atoms with Gasteiger partial charge in [-0.25, -0.2) is 0 Å². The Labute approximate surface area is 125 Å². The van der Waals surface area contributed by atoms with E-state index in [1.807, 2.05) is 6.92 Å². The van der Waals surface area contributed by atoms with Crippen molar-refractivity contribution in [2.75, 3.05) is 13.2 Å². The maximum Gasteiger partial charge on any atom is 0.264 e. The van der Waals surface area contributed by atoms with Gasteiger partial charge in [0, 0.05) is 12.2 Å². The molecule has 0 bridgehead atoms. The van der Waals surface area contributed by atoms with Crippen molar-refractivity contribution in [3.63, 3.8) is 0 Å². The molecule has 1 aliphatic carbocycles. The molecule has 1 aromatic rings. The number of rotatable bonds is 5. The van der Waals surface area contributed by atoms with Gasteiger partial charge >= 0.3 is 0 Å². The fraction of sp³-hybridized carbons (Fsp3) is 0.412. The largest absolute Gasteiger partial charge is 0.482 e. The third-order valence-corrected chi connectivity index (χ3v) is 3.59. The number of nitriles is 1. The number of nitrogens with zero attached hydrogens (tertiary/aromatic N) is 2. The van der Waals surface area contributed by atoms with Crippen LogP contribution < -0.4 is 4.74 Å². The smallest absolute Gasteiger partial charge is 0.264 e. The number of hydrogen-bond donors (Lipinski definition) is 0. The van der Waals surface area contributed by atoms with Gasteiger partial charge in [-0.2, -0.15) is 5.26 Å². The first kappa shape index (κ1) is 15.1. The summed E-state index contributed by atoms with van der Waals surface area (Å²) >= 11 is 0. The van der Waals surface area contributed by atoms with E-state index in [0.29, 0.717) is 17.9 Å². The molecule has 21 heavy (non-hydrogen) atoms. The highest BCUT2D eigenvalue weighted by molar-refractivity contribution is 5.79. The second-order valence-corrected chi connectivity index (χ2v) is 4.98. The van der Waals surface area contributed by atoms with Gasteiger partial charge in [0.1, 0.15) is 11.8 Å². The summed E-state index contributed by atoms with van der Waals surface area (Å²) in [4.78, 5) is 14.1. The minimum Gasteiger partial charge on any atom is -0.482 e. The lowest BCUT2D eigenvalue weighted by atomic mass is 10.0. The van der Waals surface area contributed by atoms with E-state index in [1.165, 1.54) is 6.42 Å². The van der Waals surface area contributed by atoms with Crippen molar-refractivity contribution >= 4 is 5.91 Å². The fourth-order valence-electron chi connectivity index (χ4n) is 2.51. The first-order valence-corrected chi connectivity index (χ1v) is 7.37. The van der Waals surface area contributed by atoms with Gasteiger partial charge in [-0.15, -0.1) is 0 Å². The van der Waals surface area contributed by atoms with Crippen LogP contribution in [-0.2, 0) is 4.79 Å². The lowest BCUT2D eigenvalue weighted by molar-refractivity contribution is -0.131. The van der Waals surface area contributed by atoms with Crippen molar-refractivity contribution in [3.8, 4) is 11.8 Å². The molecule has 2 rings (SSSR count). The number of likely N-dealkylation sites (N-methyl/N-ethyl adjacent to an activating group) is 1. The monoisotopic (exact) mass is 284 g/mol. The molecule has 0 saturated heterocycles. The van der Waals surface area contributed by atoms with Crippen LogP contribution in [0, 0.1) is 11.3 Å². The summed E-state index contributed by atoms with van der Waals surface area (Å²) in [5.41, 5.74) is 1.55. The Morgan fingerprint density at radius 3 is 2.86 bits per heavy atom. The molecular weight excluding hydrogens is 264 g/mol. The van der Waals surface area contributed by atoms with E-state index in [0.717, 1.165) is 25.0 Å². The number of carbonyl (C=O) groups excluding carboxylic acids is 1. The van der Waals surface area contributed by atoms with E-state index < -0.39 is 0 Å². The molecule has 0 spiro atoms. The number of hydrogen-bond acceptors (Lipinski definition) is 3. The van der Waals surface area contributed by atoms with E-state index in [4.69, 9.17) is 10.00 Å². The second kappa shape index (κ2) is 7.49. The Hall–Kier alpha value is -2.28. The number of amides is 1. The molecule has 4 heteroatoms. The molecule has 1 amide bonds. The molecule has 4 nitrogen and oxygen atoms in total. The number of carbonyl (C=O) groups is 1. The zero-order chi connectivity index (χ0) is 15.1. The molecule has 110 valence electrons. The molecule has 0 N–H and O–H groups in total. The SMILES string of the molecule is CCN(C(=O)COc1ccccc1C#N)C1=CCCCC1. The van der Waals surface area contributed by atoms with Crippen LogP contribution in [0.5, 0.6) is 5.75 Å². The van der Waals surface area contributed by atoms with Crippen molar-refractivity contribution < 1.29 is 9.53 Å². The summed E-state index contributed by atoms with van der Waals surface area (Å²) in [6.45, 7) is 2.58. The lowest BCUT2D eigenvalue weighted by Crippen LogP contribution is -2.34. The third kappa shape index (κ3) is 3.85. The molecule has 0 radical (unpaired) electrons. The Kier molecular flexibility index (Phi) is 5.39. The quantitative estimate of drug-likeness (QED) is 0.834. The van der Waals surface area contributed by atoms with E-state index in [9.17, 15) is 4.79 Å². The van der Waals surface area contributed by atoms with Crippen LogP contribution in [-0.4, -0.2) is 24.0 Å². The summed E-state index contributed by atoms with van der Waals surface area (Å²) in [5, 5.41) is 9.01.